The average Bonchev–Trinajstić information content (AvgIpc) is 2.67. The first-order valence-electron chi connectivity index (χ1n) is 8.85. The van der Waals surface area contributed by atoms with E-state index in [9.17, 15) is 13.2 Å². The maximum atomic E-state index is 12.5. The summed E-state index contributed by atoms with van der Waals surface area (Å²) in [6.07, 6.45) is 0.0621. The first kappa shape index (κ1) is 21.9. The molecule has 1 N–H and O–H groups in total. The number of amides is 1. The summed E-state index contributed by atoms with van der Waals surface area (Å²) in [4.78, 5) is 17.3. The zero-order chi connectivity index (χ0) is 20.9. The Bertz CT molecular complexity index is 910. The number of hydroxylamine groups is 1. The maximum absolute atomic E-state index is 12.5. The maximum Gasteiger partial charge on any atom is 0.264 e. The molecule has 0 aromatic heterocycles. The topological polar surface area (TPSA) is 84.9 Å². The highest BCUT2D eigenvalue weighted by Crippen LogP contribution is 2.21. The predicted octanol–water partition coefficient (Wildman–Crippen LogP) is 3.15. The summed E-state index contributed by atoms with van der Waals surface area (Å²) in [6.45, 7) is 5.77. The van der Waals surface area contributed by atoms with Crippen molar-refractivity contribution in [3.8, 4) is 5.75 Å². The molecule has 0 aliphatic heterocycles. The fraction of sp³-hybridized carbons (Fsp3) is 0.350. The van der Waals surface area contributed by atoms with Gasteiger partial charge in [0.25, 0.3) is 15.9 Å². The lowest BCUT2D eigenvalue weighted by Crippen LogP contribution is -2.27. The Morgan fingerprint density at radius 2 is 1.71 bits per heavy atom. The Balaban J connectivity index is 2.10. The summed E-state index contributed by atoms with van der Waals surface area (Å²) in [5.41, 5.74) is 1.27. The van der Waals surface area contributed by atoms with E-state index in [4.69, 9.17) is 9.57 Å². The molecule has 1 amide bonds. The molecule has 152 valence electrons. The number of rotatable bonds is 8. The Morgan fingerprint density at radius 1 is 1.07 bits per heavy atom. The summed E-state index contributed by atoms with van der Waals surface area (Å²) in [6, 6.07) is 13.0. The van der Waals surface area contributed by atoms with E-state index in [1.807, 2.05) is 45.0 Å². The summed E-state index contributed by atoms with van der Waals surface area (Å²) >= 11 is 0. The number of carbonyl (C=O) groups excluding carboxylic acids is 1. The van der Waals surface area contributed by atoms with E-state index in [1.54, 1.807) is 0 Å². The van der Waals surface area contributed by atoms with Crippen LogP contribution in [0.15, 0.2) is 53.4 Å². The van der Waals surface area contributed by atoms with Crippen LogP contribution >= 0.6 is 0 Å². The van der Waals surface area contributed by atoms with Gasteiger partial charge < -0.3 is 10.1 Å². The van der Waals surface area contributed by atoms with Crippen LogP contribution in [0.2, 0.25) is 0 Å². The number of sulfonamides is 1. The smallest absolute Gasteiger partial charge is 0.264 e. The van der Waals surface area contributed by atoms with Crippen LogP contribution in [0.25, 0.3) is 0 Å². The molecule has 0 spiro atoms. The van der Waals surface area contributed by atoms with Crippen molar-refractivity contribution in [3.05, 3.63) is 59.7 Å². The van der Waals surface area contributed by atoms with Crippen LogP contribution in [0.3, 0.4) is 0 Å². The molecule has 0 heterocycles. The minimum atomic E-state index is -3.75. The van der Waals surface area contributed by atoms with Crippen molar-refractivity contribution in [3.63, 3.8) is 0 Å². The highest BCUT2D eigenvalue weighted by Gasteiger charge is 2.21. The van der Waals surface area contributed by atoms with E-state index in [0.29, 0.717) is 5.56 Å². The summed E-state index contributed by atoms with van der Waals surface area (Å²) < 4.78 is 30.9. The van der Waals surface area contributed by atoms with Gasteiger partial charge in [0.05, 0.1) is 24.2 Å². The zero-order valence-corrected chi connectivity index (χ0v) is 17.5. The zero-order valence-electron chi connectivity index (χ0n) is 16.7. The Kier molecular flexibility index (Phi) is 7.17. The van der Waals surface area contributed by atoms with Crippen LogP contribution in [-0.2, 0) is 14.9 Å². The van der Waals surface area contributed by atoms with Gasteiger partial charge in [-0.05, 0) is 62.7 Å². The van der Waals surface area contributed by atoms with Crippen LogP contribution in [-0.4, -0.2) is 39.1 Å². The van der Waals surface area contributed by atoms with E-state index in [1.165, 1.54) is 38.4 Å². The molecule has 0 radical (unpaired) electrons. The quantitative estimate of drug-likeness (QED) is 0.681. The molecule has 1 atom stereocenters. The summed E-state index contributed by atoms with van der Waals surface area (Å²) in [7, 11) is -1.18. The Hall–Kier alpha value is -2.42. The third kappa shape index (κ3) is 5.31. The van der Waals surface area contributed by atoms with Crippen molar-refractivity contribution in [2.45, 2.75) is 37.8 Å². The largest absolute Gasteiger partial charge is 0.491 e. The molecule has 0 saturated carbocycles. The molecule has 28 heavy (non-hydrogen) atoms. The van der Waals surface area contributed by atoms with E-state index in [0.717, 1.165) is 15.8 Å². The van der Waals surface area contributed by atoms with Gasteiger partial charge in [-0.15, -0.1) is 0 Å². The lowest BCUT2D eigenvalue weighted by Gasteiger charge is -2.17. The fourth-order valence-electron chi connectivity index (χ4n) is 2.52. The molecule has 0 bridgehead atoms. The Labute approximate surface area is 166 Å². The van der Waals surface area contributed by atoms with Gasteiger partial charge in [0.15, 0.2) is 0 Å². The molecule has 8 heteroatoms. The minimum Gasteiger partial charge on any atom is -0.491 e. The van der Waals surface area contributed by atoms with Crippen LogP contribution < -0.4 is 10.1 Å². The average molecular weight is 407 g/mol. The molecular formula is C20H26N2O5S. The predicted molar refractivity (Wildman–Crippen MR) is 106 cm³/mol. The molecule has 0 aliphatic rings. The number of benzene rings is 2. The van der Waals surface area contributed by atoms with Crippen molar-refractivity contribution in [2.24, 2.45) is 0 Å². The van der Waals surface area contributed by atoms with Gasteiger partial charge >= 0.3 is 0 Å². The van der Waals surface area contributed by atoms with Gasteiger partial charge in [-0.3, -0.25) is 9.63 Å². The van der Waals surface area contributed by atoms with Crippen molar-refractivity contribution in [1.82, 2.24) is 9.79 Å². The lowest BCUT2D eigenvalue weighted by molar-refractivity contribution is -0.0258. The highest BCUT2D eigenvalue weighted by atomic mass is 32.2. The van der Waals surface area contributed by atoms with E-state index in [-0.39, 0.29) is 22.9 Å². The Morgan fingerprint density at radius 3 is 2.29 bits per heavy atom. The van der Waals surface area contributed by atoms with Crippen LogP contribution in [0.5, 0.6) is 5.75 Å². The van der Waals surface area contributed by atoms with Gasteiger partial charge in [0.1, 0.15) is 5.75 Å². The molecule has 0 fully saturated rings. The van der Waals surface area contributed by atoms with E-state index in [2.05, 4.69) is 5.32 Å². The summed E-state index contributed by atoms with van der Waals surface area (Å²) in [5, 5.41) is 2.91. The molecule has 0 saturated heterocycles. The molecule has 1 unspecified atom stereocenters. The molecule has 7 nitrogen and oxygen atoms in total. The van der Waals surface area contributed by atoms with Crippen molar-refractivity contribution in [2.75, 3.05) is 14.2 Å². The monoisotopic (exact) mass is 406 g/mol. The number of carbonyl (C=O) groups is 1. The molecule has 2 aromatic carbocycles. The van der Waals surface area contributed by atoms with Crippen LogP contribution in [0.1, 0.15) is 42.7 Å². The third-order valence-electron chi connectivity index (χ3n) is 4.09. The lowest BCUT2D eigenvalue weighted by atomic mass is 10.1. The second kappa shape index (κ2) is 9.18. The fourth-order valence-corrected chi connectivity index (χ4v) is 3.49. The standard InChI is InChI=1S/C20H26N2O5S/c1-14(2)27-18-8-6-7-17(13-18)15(3)21-20(23)16-9-11-19(12-10-16)28(24,25)22(4)26-5/h6-15H,1-5H3,(H,21,23). The van der Waals surface area contributed by atoms with Gasteiger partial charge in [-0.25, -0.2) is 8.42 Å². The first-order chi connectivity index (χ1) is 13.1. The van der Waals surface area contributed by atoms with Crippen molar-refractivity contribution < 1.29 is 22.8 Å². The van der Waals surface area contributed by atoms with Crippen molar-refractivity contribution in [1.29, 1.82) is 0 Å². The number of hydrogen-bond donors (Lipinski definition) is 1. The van der Waals surface area contributed by atoms with Crippen LogP contribution in [0.4, 0.5) is 0 Å². The van der Waals surface area contributed by atoms with E-state index >= 15 is 0 Å². The second-order valence-corrected chi connectivity index (χ2v) is 8.49. The summed E-state index contributed by atoms with van der Waals surface area (Å²) in [5.74, 6) is 0.442. The van der Waals surface area contributed by atoms with Gasteiger partial charge in [0.2, 0.25) is 0 Å². The highest BCUT2D eigenvalue weighted by molar-refractivity contribution is 7.89. The number of ether oxygens (including phenoxy) is 1. The van der Waals surface area contributed by atoms with Gasteiger partial charge in [0, 0.05) is 12.6 Å². The first-order valence-corrected chi connectivity index (χ1v) is 10.3. The molecule has 0 aliphatic carbocycles. The molecular weight excluding hydrogens is 380 g/mol. The van der Waals surface area contributed by atoms with Crippen LogP contribution in [0, 0.1) is 0 Å². The van der Waals surface area contributed by atoms with Crippen molar-refractivity contribution >= 4 is 15.9 Å². The minimum absolute atomic E-state index is 0.0417. The van der Waals surface area contributed by atoms with E-state index < -0.39 is 10.0 Å². The number of hydrogen-bond acceptors (Lipinski definition) is 5. The molecule has 2 rings (SSSR count). The van der Waals surface area contributed by atoms with Gasteiger partial charge in [-0.1, -0.05) is 16.6 Å². The second-order valence-electron chi connectivity index (χ2n) is 6.56. The third-order valence-corrected chi connectivity index (χ3v) is 5.78. The normalized spacial score (nSPS) is 12.8. The SMILES string of the molecule is CON(C)S(=O)(=O)c1ccc(C(=O)NC(C)c2cccc(OC(C)C)c2)cc1. The number of nitrogens with one attached hydrogen (secondary N) is 1. The molecule has 2 aromatic rings. The van der Waals surface area contributed by atoms with Gasteiger partial charge in [-0.2, -0.15) is 0 Å². The number of nitrogens with zero attached hydrogens (tertiary/aromatic N) is 1.